The summed E-state index contributed by atoms with van der Waals surface area (Å²) in [6, 6.07) is 5.32. The molecule has 0 bridgehead atoms. The molecule has 0 aliphatic rings. The first kappa shape index (κ1) is 26.2. The lowest BCUT2D eigenvalue weighted by molar-refractivity contribution is -0.140. The van der Waals surface area contributed by atoms with E-state index in [9.17, 15) is 18.0 Å². The number of imidazole rings is 2. The zero-order chi connectivity index (χ0) is 28.2. The predicted octanol–water partition coefficient (Wildman–Crippen LogP) is 5.06. The Labute approximate surface area is 218 Å². The molecule has 0 unspecified atom stereocenters. The van der Waals surface area contributed by atoms with E-state index in [0.29, 0.717) is 16.9 Å². The lowest BCUT2D eigenvalue weighted by Crippen LogP contribution is -2.23. The maximum Gasteiger partial charge on any atom is 0.434 e. The van der Waals surface area contributed by atoms with E-state index in [1.165, 1.54) is 24.9 Å². The van der Waals surface area contributed by atoms with Gasteiger partial charge < -0.3 is 4.57 Å². The van der Waals surface area contributed by atoms with Gasteiger partial charge in [0.1, 0.15) is 23.0 Å². The molecule has 0 N–H and O–H groups in total. The Morgan fingerprint density at radius 1 is 1.03 bits per heavy atom. The Balaban J connectivity index is 1.59. The topological polar surface area (TPSA) is 83.4 Å². The van der Waals surface area contributed by atoms with Crippen LogP contribution in [0.1, 0.15) is 36.7 Å². The van der Waals surface area contributed by atoms with Crippen molar-refractivity contribution in [2.45, 2.75) is 32.5 Å². The molecule has 5 aromatic rings. The summed E-state index contributed by atoms with van der Waals surface area (Å²) in [6.45, 7) is 3.42. The normalized spacial score (nSPS) is 12.2. The number of benzene rings is 1. The molecule has 202 valence electrons. The monoisotopic (exact) mass is 543 g/mol. The quantitative estimate of drug-likeness (QED) is 0.290. The fraction of sp³-hybridized carbons (Fsp3) is 0.269. The van der Waals surface area contributed by atoms with Crippen molar-refractivity contribution in [2.75, 3.05) is 0 Å². The van der Waals surface area contributed by atoms with Crippen molar-refractivity contribution < 1.29 is 22.0 Å². The summed E-state index contributed by atoms with van der Waals surface area (Å²) in [7, 11) is 2.78. The number of halogens is 5. The molecule has 0 aliphatic heterocycles. The minimum atomic E-state index is -4.71. The summed E-state index contributed by atoms with van der Waals surface area (Å²) >= 11 is 0. The van der Waals surface area contributed by atoms with Crippen LogP contribution in [0.2, 0.25) is 0 Å². The Kier molecular flexibility index (Phi) is 6.31. The van der Waals surface area contributed by atoms with E-state index in [4.69, 9.17) is 0 Å². The molecule has 8 nitrogen and oxygen atoms in total. The van der Waals surface area contributed by atoms with Gasteiger partial charge in [0.05, 0.1) is 18.4 Å². The predicted molar refractivity (Wildman–Crippen MR) is 133 cm³/mol. The van der Waals surface area contributed by atoms with Crippen LogP contribution >= 0.6 is 0 Å². The maximum atomic E-state index is 15.2. The summed E-state index contributed by atoms with van der Waals surface area (Å²) in [4.78, 5) is 29.9. The van der Waals surface area contributed by atoms with E-state index in [1.54, 1.807) is 18.3 Å². The first-order chi connectivity index (χ1) is 18.4. The van der Waals surface area contributed by atoms with Crippen LogP contribution in [0.4, 0.5) is 22.0 Å². The molecular weight excluding hydrogens is 521 g/mol. The van der Waals surface area contributed by atoms with E-state index >= 15 is 8.78 Å². The maximum absolute atomic E-state index is 15.2. The molecule has 0 saturated heterocycles. The van der Waals surface area contributed by atoms with Crippen molar-refractivity contribution in [3.8, 4) is 22.8 Å². The number of hydrogen-bond donors (Lipinski definition) is 0. The number of nitrogens with zero attached hydrogens (tertiary/aromatic N) is 7. The lowest BCUT2D eigenvalue weighted by Gasteiger charge is -2.11. The highest BCUT2D eigenvalue weighted by Gasteiger charge is 2.34. The van der Waals surface area contributed by atoms with Crippen molar-refractivity contribution >= 4 is 11.2 Å². The number of rotatable bonds is 5. The second-order valence-electron chi connectivity index (χ2n) is 9.40. The molecule has 4 aromatic heterocycles. The van der Waals surface area contributed by atoms with E-state index < -0.39 is 41.3 Å². The summed E-state index contributed by atoms with van der Waals surface area (Å²) in [5.41, 5.74) is -0.478. The van der Waals surface area contributed by atoms with Crippen molar-refractivity contribution in [2.24, 2.45) is 14.1 Å². The Hall–Kier alpha value is -4.42. The van der Waals surface area contributed by atoms with Crippen molar-refractivity contribution in [1.29, 1.82) is 0 Å². The molecule has 39 heavy (non-hydrogen) atoms. The molecule has 5 rings (SSSR count). The largest absolute Gasteiger partial charge is 0.434 e. The van der Waals surface area contributed by atoms with E-state index in [1.807, 2.05) is 13.8 Å². The average molecular weight is 544 g/mol. The van der Waals surface area contributed by atoms with Gasteiger partial charge >= 0.3 is 11.9 Å². The van der Waals surface area contributed by atoms with Gasteiger partial charge in [-0.3, -0.25) is 14.1 Å². The molecule has 0 atom stereocenters. The average Bonchev–Trinajstić information content (AvgIpc) is 3.39. The molecular formula is C26H22F5N7O. The van der Waals surface area contributed by atoms with Crippen molar-refractivity contribution in [1.82, 2.24) is 33.6 Å². The molecule has 0 radical (unpaired) electrons. The highest BCUT2D eigenvalue weighted by Crippen LogP contribution is 2.32. The molecule has 0 spiro atoms. The summed E-state index contributed by atoms with van der Waals surface area (Å²) in [6.07, 6.45) is -0.865. The number of alkyl halides is 3. The third-order valence-corrected chi connectivity index (χ3v) is 6.39. The van der Waals surface area contributed by atoms with E-state index in [0.717, 1.165) is 33.2 Å². The highest BCUT2D eigenvalue weighted by atomic mass is 19.4. The van der Waals surface area contributed by atoms with Crippen molar-refractivity contribution in [3.63, 3.8) is 0 Å². The molecule has 0 saturated carbocycles. The summed E-state index contributed by atoms with van der Waals surface area (Å²) < 4.78 is 73.0. The molecule has 13 heteroatoms. The molecule has 0 aliphatic carbocycles. The number of aryl methyl sites for hydroxylation is 2. The third-order valence-electron chi connectivity index (χ3n) is 6.39. The van der Waals surface area contributed by atoms with Crippen LogP contribution < -0.4 is 5.69 Å². The van der Waals surface area contributed by atoms with Crippen LogP contribution in [0.25, 0.3) is 33.9 Å². The minimum absolute atomic E-state index is 0.0612. The van der Waals surface area contributed by atoms with Gasteiger partial charge in [0, 0.05) is 43.2 Å². The van der Waals surface area contributed by atoms with E-state index in [-0.39, 0.29) is 23.0 Å². The van der Waals surface area contributed by atoms with Gasteiger partial charge in [0.25, 0.3) is 0 Å². The number of aromatic nitrogens is 7. The Morgan fingerprint density at radius 3 is 2.33 bits per heavy atom. The number of fused-ring (bicyclic) bond motifs is 1. The van der Waals surface area contributed by atoms with Crippen molar-refractivity contribution in [3.05, 3.63) is 81.9 Å². The van der Waals surface area contributed by atoms with Gasteiger partial charge in [-0.2, -0.15) is 13.2 Å². The first-order valence-corrected chi connectivity index (χ1v) is 11.8. The number of hydrogen-bond acceptors (Lipinski definition) is 5. The van der Waals surface area contributed by atoms with Crippen LogP contribution in [0.5, 0.6) is 0 Å². The second kappa shape index (κ2) is 9.40. The van der Waals surface area contributed by atoms with Gasteiger partial charge in [-0.25, -0.2) is 28.5 Å². The molecule has 4 heterocycles. The Morgan fingerprint density at radius 2 is 1.72 bits per heavy atom. The summed E-state index contributed by atoms with van der Waals surface area (Å²) in [5.74, 6) is -2.00. The van der Waals surface area contributed by atoms with Crippen LogP contribution in [0.3, 0.4) is 0 Å². The second-order valence-corrected chi connectivity index (χ2v) is 9.40. The fourth-order valence-corrected chi connectivity index (χ4v) is 4.43. The van der Waals surface area contributed by atoms with Gasteiger partial charge in [-0.05, 0) is 30.2 Å². The van der Waals surface area contributed by atoms with Crippen LogP contribution in [-0.4, -0.2) is 33.6 Å². The zero-order valence-electron chi connectivity index (χ0n) is 21.3. The number of pyridine rings is 1. The van der Waals surface area contributed by atoms with Gasteiger partial charge in [0.15, 0.2) is 17.2 Å². The molecule has 0 fully saturated rings. The van der Waals surface area contributed by atoms with Gasteiger partial charge in [0.2, 0.25) is 0 Å². The van der Waals surface area contributed by atoms with Crippen LogP contribution in [0, 0.1) is 11.6 Å². The Bertz CT molecular complexity index is 1760. The lowest BCUT2D eigenvalue weighted by atomic mass is 10.0. The standard InChI is InChI=1S/C26H22F5N7O/c1-13(2)21-15(6-5-7-32-21)22-33-10-19-24(35-22)38(25(39)37(19)4)11-16-17(27)8-14(9-18(16)28)23-34-20(12-36(23)3)26(29,30)31/h5-10,12-13H,11H2,1-4H3. The van der Waals surface area contributed by atoms with Gasteiger partial charge in [-0.15, -0.1) is 0 Å². The molecule has 0 amide bonds. The smallest absolute Gasteiger partial charge is 0.333 e. The molecule has 1 aromatic carbocycles. The van der Waals surface area contributed by atoms with Crippen LogP contribution in [-0.2, 0) is 26.8 Å². The van der Waals surface area contributed by atoms with E-state index in [2.05, 4.69) is 19.9 Å². The fourth-order valence-electron chi connectivity index (χ4n) is 4.43. The highest BCUT2D eigenvalue weighted by molar-refractivity contribution is 5.74. The third kappa shape index (κ3) is 4.57. The van der Waals surface area contributed by atoms with Crippen LogP contribution in [0.15, 0.2) is 47.7 Å². The first-order valence-electron chi connectivity index (χ1n) is 11.8. The SMILES string of the molecule is CC(C)c1ncccc1-c1ncc2c(n1)n(Cc1c(F)cc(-c3nc(C(F)(F)F)cn3C)cc1F)c(=O)n2C. The van der Waals surface area contributed by atoms with Gasteiger partial charge in [-0.1, -0.05) is 13.8 Å². The minimum Gasteiger partial charge on any atom is -0.333 e. The summed E-state index contributed by atoms with van der Waals surface area (Å²) in [5, 5.41) is 0. The zero-order valence-corrected chi connectivity index (χ0v) is 21.3.